The van der Waals surface area contributed by atoms with Crippen LogP contribution in [0.2, 0.25) is 0 Å². The van der Waals surface area contributed by atoms with E-state index in [4.69, 9.17) is 0 Å². The van der Waals surface area contributed by atoms with E-state index < -0.39 is 40.7 Å². The van der Waals surface area contributed by atoms with Crippen molar-refractivity contribution in [1.29, 1.82) is 0 Å². The molecule has 1 fully saturated rings. The van der Waals surface area contributed by atoms with Crippen LogP contribution >= 0.6 is 0 Å². The van der Waals surface area contributed by atoms with Gasteiger partial charge in [0.1, 0.15) is 0 Å². The van der Waals surface area contributed by atoms with E-state index in [9.17, 15) is 25.3 Å². The van der Waals surface area contributed by atoms with Gasteiger partial charge in [0.25, 0.3) is 0 Å². The van der Waals surface area contributed by atoms with Crippen molar-refractivity contribution in [3.8, 4) is 0 Å². The first-order valence-electron chi connectivity index (χ1n) is 8.03. The van der Waals surface area contributed by atoms with Gasteiger partial charge >= 0.3 is 0 Å². The SMILES string of the molecule is O=S1(=O)CCC(S(=O)(=O)c2cccc(S(=O)(=O)NCc3ccncc3)c2)C1. The van der Waals surface area contributed by atoms with Gasteiger partial charge in [-0.15, -0.1) is 0 Å². The highest BCUT2D eigenvalue weighted by molar-refractivity contribution is 7.96. The minimum Gasteiger partial charge on any atom is -0.265 e. The standard InChI is InChI=1S/C16H18N2O6S3/c19-25(20)9-6-16(12-25)26(21,22)14-2-1-3-15(10-14)27(23,24)18-11-13-4-7-17-8-5-13/h1-5,7-8,10,16,18H,6,9,11-12H2. The zero-order valence-electron chi connectivity index (χ0n) is 14.1. The summed E-state index contributed by atoms with van der Waals surface area (Å²) in [6.45, 7) is 0.0305. The number of nitrogens with one attached hydrogen (secondary N) is 1. The van der Waals surface area contributed by atoms with Gasteiger partial charge in [0, 0.05) is 18.9 Å². The molecule has 1 N–H and O–H groups in total. The van der Waals surface area contributed by atoms with Crippen LogP contribution in [0.15, 0.2) is 58.6 Å². The monoisotopic (exact) mass is 430 g/mol. The molecule has 8 nitrogen and oxygen atoms in total. The minimum absolute atomic E-state index is 0.0158. The van der Waals surface area contributed by atoms with Gasteiger partial charge in [-0.25, -0.2) is 30.0 Å². The molecule has 0 aliphatic carbocycles. The molecule has 1 aromatic carbocycles. The molecule has 1 atom stereocenters. The maximum absolute atomic E-state index is 12.7. The maximum Gasteiger partial charge on any atom is 0.240 e. The van der Waals surface area contributed by atoms with E-state index in [2.05, 4.69) is 9.71 Å². The number of benzene rings is 1. The quantitative estimate of drug-likeness (QED) is 0.708. The largest absolute Gasteiger partial charge is 0.265 e. The van der Waals surface area contributed by atoms with E-state index in [1.807, 2.05) is 0 Å². The molecule has 0 amide bonds. The molecule has 1 unspecified atom stereocenters. The van der Waals surface area contributed by atoms with Crippen LogP contribution in [0.25, 0.3) is 0 Å². The molecule has 146 valence electrons. The second kappa shape index (κ2) is 7.30. The van der Waals surface area contributed by atoms with Crippen molar-refractivity contribution in [3.05, 3.63) is 54.4 Å². The first kappa shape index (κ1) is 19.9. The average Bonchev–Trinajstić information content (AvgIpc) is 3.02. The molecular weight excluding hydrogens is 412 g/mol. The number of sulfone groups is 2. The molecule has 1 aliphatic rings. The molecule has 0 saturated carbocycles. The number of aromatic nitrogens is 1. The van der Waals surface area contributed by atoms with Crippen molar-refractivity contribution in [2.24, 2.45) is 0 Å². The lowest BCUT2D eigenvalue weighted by Crippen LogP contribution is -2.25. The van der Waals surface area contributed by atoms with E-state index in [1.54, 1.807) is 12.1 Å². The Kier molecular flexibility index (Phi) is 5.39. The second-order valence-corrected chi connectivity index (χ2v) is 12.4. The first-order chi connectivity index (χ1) is 12.6. The van der Waals surface area contributed by atoms with Crippen molar-refractivity contribution >= 4 is 29.7 Å². The van der Waals surface area contributed by atoms with Crippen LogP contribution in [0.3, 0.4) is 0 Å². The van der Waals surface area contributed by atoms with E-state index in [0.29, 0.717) is 5.56 Å². The van der Waals surface area contributed by atoms with Crippen molar-refractivity contribution in [1.82, 2.24) is 9.71 Å². The lowest BCUT2D eigenvalue weighted by molar-refractivity contribution is 0.579. The van der Waals surface area contributed by atoms with Gasteiger partial charge in [0.2, 0.25) is 10.0 Å². The topological polar surface area (TPSA) is 127 Å². The third kappa shape index (κ3) is 4.54. The van der Waals surface area contributed by atoms with Gasteiger partial charge < -0.3 is 0 Å². The third-order valence-corrected chi connectivity index (χ3v) is 9.86. The first-order valence-corrected chi connectivity index (χ1v) is 12.9. The van der Waals surface area contributed by atoms with Gasteiger partial charge in [-0.05, 0) is 42.3 Å². The summed E-state index contributed by atoms with van der Waals surface area (Å²) in [4.78, 5) is 3.45. The fraction of sp³-hybridized carbons (Fsp3) is 0.312. The Balaban J connectivity index is 1.84. The molecule has 27 heavy (non-hydrogen) atoms. The van der Waals surface area contributed by atoms with Crippen LogP contribution in [0.5, 0.6) is 0 Å². The molecule has 1 saturated heterocycles. The molecule has 3 rings (SSSR count). The molecule has 2 aromatic rings. The Morgan fingerprint density at radius 3 is 2.33 bits per heavy atom. The summed E-state index contributed by atoms with van der Waals surface area (Å²) < 4.78 is 76.0. The molecule has 1 aliphatic heterocycles. The van der Waals surface area contributed by atoms with Crippen molar-refractivity contribution in [3.63, 3.8) is 0 Å². The summed E-state index contributed by atoms with van der Waals surface area (Å²) in [6, 6.07) is 8.28. The maximum atomic E-state index is 12.7. The Hall–Kier alpha value is -1.82. The van der Waals surface area contributed by atoms with Gasteiger partial charge in [-0.3, -0.25) is 4.98 Å². The van der Waals surface area contributed by atoms with E-state index in [1.165, 1.54) is 30.6 Å². The second-order valence-electron chi connectivity index (χ2n) is 6.22. The zero-order chi connectivity index (χ0) is 19.7. The lowest BCUT2D eigenvalue weighted by Gasteiger charge is -2.12. The number of rotatable bonds is 6. The Bertz CT molecular complexity index is 1140. The Labute approximate surface area is 158 Å². The molecular formula is C16H18N2O6S3. The van der Waals surface area contributed by atoms with Crippen molar-refractivity contribution in [2.45, 2.75) is 28.0 Å². The summed E-state index contributed by atoms with van der Waals surface area (Å²) in [5.41, 5.74) is 0.702. The zero-order valence-corrected chi connectivity index (χ0v) is 16.6. The molecule has 2 heterocycles. The van der Waals surface area contributed by atoms with Crippen LogP contribution in [-0.4, -0.2) is 47.0 Å². The molecule has 0 bridgehead atoms. The van der Waals surface area contributed by atoms with E-state index in [-0.39, 0.29) is 28.5 Å². The summed E-state index contributed by atoms with van der Waals surface area (Å²) in [5, 5.41) is -1.05. The van der Waals surface area contributed by atoms with Crippen LogP contribution < -0.4 is 4.72 Å². The van der Waals surface area contributed by atoms with Crippen LogP contribution in [0.1, 0.15) is 12.0 Å². The number of nitrogens with zero attached hydrogens (tertiary/aromatic N) is 1. The molecule has 1 aromatic heterocycles. The van der Waals surface area contributed by atoms with Crippen molar-refractivity contribution < 1.29 is 25.3 Å². The predicted octanol–water partition coefficient (Wildman–Crippen LogP) is 0.521. The number of hydrogen-bond donors (Lipinski definition) is 1. The fourth-order valence-electron chi connectivity index (χ4n) is 2.78. The molecule has 11 heteroatoms. The third-order valence-electron chi connectivity index (χ3n) is 4.29. The predicted molar refractivity (Wildman–Crippen MR) is 98.9 cm³/mol. The van der Waals surface area contributed by atoms with E-state index in [0.717, 1.165) is 6.07 Å². The van der Waals surface area contributed by atoms with Gasteiger partial charge in [0.05, 0.1) is 26.5 Å². The minimum atomic E-state index is -3.94. The average molecular weight is 431 g/mol. The molecule has 0 spiro atoms. The van der Waals surface area contributed by atoms with Gasteiger partial charge in [-0.1, -0.05) is 6.07 Å². The lowest BCUT2D eigenvalue weighted by atomic mass is 10.3. The number of hydrogen-bond acceptors (Lipinski definition) is 7. The van der Waals surface area contributed by atoms with E-state index >= 15 is 0 Å². The van der Waals surface area contributed by atoms with Gasteiger partial charge in [-0.2, -0.15) is 0 Å². The summed E-state index contributed by atoms with van der Waals surface area (Å²) in [5.74, 6) is -0.616. The van der Waals surface area contributed by atoms with Gasteiger partial charge in [0.15, 0.2) is 19.7 Å². The summed E-state index contributed by atoms with van der Waals surface area (Å²) >= 11 is 0. The van der Waals surface area contributed by atoms with Crippen LogP contribution in [-0.2, 0) is 36.2 Å². The number of pyridine rings is 1. The highest BCUT2D eigenvalue weighted by Crippen LogP contribution is 2.26. The summed E-state index contributed by atoms with van der Waals surface area (Å²) in [6.07, 6.45) is 3.08. The smallest absolute Gasteiger partial charge is 0.240 e. The highest BCUT2D eigenvalue weighted by atomic mass is 32.2. The Morgan fingerprint density at radius 2 is 1.70 bits per heavy atom. The molecule has 0 radical (unpaired) electrons. The summed E-state index contributed by atoms with van der Waals surface area (Å²) in [7, 11) is -11.3. The van der Waals surface area contributed by atoms with Crippen LogP contribution in [0, 0.1) is 0 Å². The van der Waals surface area contributed by atoms with Crippen LogP contribution in [0.4, 0.5) is 0 Å². The fourth-order valence-corrected chi connectivity index (χ4v) is 8.32. The highest BCUT2D eigenvalue weighted by Gasteiger charge is 2.38. The number of sulfonamides is 1. The normalized spacial score (nSPS) is 19.8. The van der Waals surface area contributed by atoms with Crippen molar-refractivity contribution in [2.75, 3.05) is 11.5 Å². The Morgan fingerprint density at radius 1 is 1.04 bits per heavy atom.